The van der Waals surface area contributed by atoms with Gasteiger partial charge >= 0.3 is 0 Å². The molecule has 1 aliphatic heterocycles. The zero-order valence-corrected chi connectivity index (χ0v) is 12.6. The molecule has 0 bridgehead atoms. The summed E-state index contributed by atoms with van der Waals surface area (Å²) in [5, 5.41) is 0.785. The number of anilines is 1. The van der Waals surface area contributed by atoms with Crippen molar-refractivity contribution < 1.29 is 0 Å². The van der Waals surface area contributed by atoms with Gasteiger partial charge in [-0.25, -0.2) is 0 Å². The summed E-state index contributed by atoms with van der Waals surface area (Å²) >= 11 is 12.3. The van der Waals surface area contributed by atoms with E-state index in [0.29, 0.717) is 5.88 Å². The molecule has 0 spiro atoms. The molecule has 0 amide bonds. The largest absolute Gasteiger partial charge is 0.369 e. The second kappa shape index (κ2) is 5.90. The SMILES string of the molecule is ClCc1c(Cl)cccc1N1CCN(CC2CC2)CC1. The Hall–Kier alpha value is -0.440. The van der Waals surface area contributed by atoms with Crippen molar-refractivity contribution in [3.63, 3.8) is 0 Å². The normalized spacial score (nSPS) is 20.8. The summed E-state index contributed by atoms with van der Waals surface area (Å²) in [6, 6.07) is 6.08. The van der Waals surface area contributed by atoms with Gasteiger partial charge in [0, 0.05) is 49.0 Å². The maximum Gasteiger partial charge on any atom is 0.0509 e. The predicted octanol–water partition coefficient (Wildman–Crippen LogP) is 3.61. The molecule has 0 N–H and O–H groups in total. The van der Waals surface area contributed by atoms with E-state index in [1.165, 1.54) is 25.1 Å². The molecule has 104 valence electrons. The molecular weight excluding hydrogens is 279 g/mol. The monoisotopic (exact) mass is 298 g/mol. The molecular formula is C15H20Cl2N2. The van der Waals surface area contributed by atoms with Gasteiger partial charge in [-0.1, -0.05) is 17.7 Å². The fourth-order valence-corrected chi connectivity index (χ4v) is 3.40. The van der Waals surface area contributed by atoms with Crippen molar-refractivity contribution in [2.45, 2.75) is 18.7 Å². The van der Waals surface area contributed by atoms with Crippen molar-refractivity contribution in [2.24, 2.45) is 5.92 Å². The maximum absolute atomic E-state index is 6.23. The van der Waals surface area contributed by atoms with Crippen LogP contribution in [-0.2, 0) is 5.88 Å². The highest BCUT2D eigenvalue weighted by atomic mass is 35.5. The van der Waals surface area contributed by atoms with Crippen LogP contribution in [0, 0.1) is 5.92 Å². The van der Waals surface area contributed by atoms with Crippen molar-refractivity contribution in [3.05, 3.63) is 28.8 Å². The first-order chi connectivity index (χ1) is 9.28. The molecule has 0 radical (unpaired) electrons. The summed E-state index contributed by atoms with van der Waals surface area (Å²) in [5.74, 6) is 1.47. The maximum atomic E-state index is 6.23. The number of benzene rings is 1. The van der Waals surface area contributed by atoms with E-state index in [1.54, 1.807) is 0 Å². The Morgan fingerprint density at radius 3 is 2.47 bits per heavy atom. The average molecular weight is 299 g/mol. The summed E-state index contributed by atoms with van der Waals surface area (Å²) in [5.41, 5.74) is 2.29. The molecule has 0 unspecified atom stereocenters. The average Bonchev–Trinajstić information content (AvgIpc) is 3.23. The van der Waals surface area contributed by atoms with Gasteiger partial charge in [-0.3, -0.25) is 4.90 Å². The topological polar surface area (TPSA) is 6.48 Å². The van der Waals surface area contributed by atoms with Gasteiger partial charge in [0.1, 0.15) is 0 Å². The van der Waals surface area contributed by atoms with Gasteiger partial charge in [0.05, 0.1) is 5.88 Å². The van der Waals surface area contributed by atoms with Crippen LogP contribution in [0.15, 0.2) is 18.2 Å². The van der Waals surface area contributed by atoms with Crippen LogP contribution in [0.4, 0.5) is 5.69 Å². The molecule has 1 saturated carbocycles. The van der Waals surface area contributed by atoms with Crippen LogP contribution >= 0.6 is 23.2 Å². The highest BCUT2D eigenvalue weighted by molar-refractivity contribution is 6.32. The fraction of sp³-hybridized carbons (Fsp3) is 0.600. The summed E-state index contributed by atoms with van der Waals surface area (Å²) < 4.78 is 0. The number of piperazine rings is 1. The highest BCUT2D eigenvalue weighted by Crippen LogP contribution is 2.32. The van der Waals surface area contributed by atoms with Crippen LogP contribution in [0.25, 0.3) is 0 Å². The quantitative estimate of drug-likeness (QED) is 0.784. The Kier molecular flexibility index (Phi) is 4.21. The zero-order valence-electron chi connectivity index (χ0n) is 11.1. The Morgan fingerprint density at radius 2 is 1.84 bits per heavy atom. The van der Waals surface area contributed by atoms with Crippen LogP contribution < -0.4 is 4.90 Å². The molecule has 19 heavy (non-hydrogen) atoms. The third-order valence-electron chi connectivity index (χ3n) is 4.15. The van der Waals surface area contributed by atoms with Crippen molar-refractivity contribution >= 4 is 28.9 Å². The number of hydrogen-bond donors (Lipinski definition) is 0. The Morgan fingerprint density at radius 1 is 1.11 bits per heavy atom. The molecule has 1 aliphatic carbocycles. The van der Waals surface area contributed by atoms with Crippen LogP contribution in [-0.4, -0.2) is 37.6 Å². The molecule has 2 fully saturated rings. The van der Waals surface area contributed by atoms with E-state index in [2.05, 4.69) is 15.9 Å². The van der Waals surface area contributed by atoms with Crippen molar-refractivity contribution in [3.8, 4) is 0 Å². The second-order valence-electron chi connectivity index (χ2n) is 5.60. The number of halogens is 2. The van der Waals surface area contributed by atoms with Gasteiger partial charge in [0.2, 0.25) is 0 Å². The first kappa shape index (κ1) is 13.5. The zero-order chi connectivity index (χ0) is 13.2. The molecule has 2 nitrogen and oxygen atoms in total. The third-order valence-corrected chi connectivity index (χ3v) is 4.78. The molecule has 0 aromatic heterocycles. The minimum Gasteiger partial charge on any atom is -0.369 e. The smallest absolute Gasteiger partial charge is 0.0509 e. The van der Waals surface area contributed by atoms with Crippen LogP contribution in [0.5, 0.6) is 0 Å². The number of rotatable bonds is 4. The van der Waals surface area contributed by atoms with E-state index < -0.39 is 0 Å². The minimum absolute atomic E-state index is 0.483. The summed E-state index contributed by atoms with van der Waals surface area (Å²) in [4.78, 5) is 5.02. The van der Waals surface area contributed by atoms with Gasteiger partial charge in [-0.05, 0) is 30.9 Å². The second-order valence-corrected chi connectivity index (χ2v) is 6.28. The van der Waals surface area contributed by atoms with Gasteiger partial charge in [0.25, 0.3) is 0 Å². The summed E-state index contributed by atoms with van der Waals surface area (Å²) in [6.07, 6.45) is 2.87. The minimum atomic E-state index is 0.483. The van der Waals surface area contributed by atoms with Gasteiger partial charge in [-0.2, -0.15) is 0 Å². The molecule has 1 aromatic rings. The standard InChI is InChI=1S/C15H20Cl2N2/c16-10-13-14(17)2-1-3-15(13)19-8-6-18(7-9-19)11-12-4-5-12/h1-3,12H,4-11H2. The van der Waals surface area contributed by atoms with E-state index in [1.807, 2.05) is 12.1 Å². The van der Waals surface area contributed by atoms with E-state index in [-0.39, 0.29) is 0 Å². The first-order valence-corrected chi connectivity index (χ1v) is 8.00. The van der Waals surface area contributed by atoms with E-state index in [4.69, 9.17) is 23.2 Å². The van der Waals surface area contributed by atoms with E-state index in [0.717, 1.165) is 42.7 Å². The highest BCUT2D eigenvalue weighted by Gasteiger charge is 2.26. The molecule has 4 heteroatoms. The van der Waals surface area contributed by atoms with Crippen molar-refractivity contribution in [2.75, 3.05) is 37.6 Å². The summed E-state index contributed by atoms with van der Waals surface area (Å²) in [6.45, 7) is 5.77. The van der Waals surface area contributed by atoms with Crippen LogP contribution in [0.3, 0.4) is 0 Å². The van der Waals surface area contributed by atoms with Crippen LogP contribution in [0.1, 0.15) is 18.4 Å². The summed E-state index contributed by atoms with van der Waals surface area (Å²) in [7, 11) is 0. The van der Waals surface area contributed by atoms with Gasteiger partial charge in [0.15, 0.2) is 0 Å². The van der Waals surface area contributed by atoms with Crippen molar-refractivity contribution in [1.29, 1.82) is 0 Å². The lowest BCUT2D eigenvalue weighted by Crippen LogP contribution is -2.47. The number of nitrogens with zero attached hydrogens (tertiary/aromatic N) is 2. The molecule has 1 saturated heterocycles. The molecule has 1 heterocycles. The molecule has 2 aliphatic rings. The van der Waals surface area contributed by atoms with E-state index >= 15 is 0 Å². The Bertz CT molecular complexity index is 438. The molecule has 3 rings (SSSR count). The van der Waals surface area contributed by atoms with Crippen LogP contribution in [0.2, 0.25) is 5.02 Å². The lowest BCUT2D eigenvalue weighted by atomic mass is 10.1. The van der Waals surface area contributed by atoms with E-state index in [9.17, 15) is 0 Å². The van der Waals surface area contributed by atoms with Crippen molar-refractivity contribution in [1.82, 2.24) is 4.90 Å². The number of alkyl halides is 1. The lowest BCUT2D eigenvalue weighted by Gasteiger charge is -2.37. The molecule has 1 aromatic carbocycles. The fourth-order valence-electron chi connectivity index (χ4n) is 2.81. The Labute approximate surface area is 125 Å². The lowest BCUT2D eigenvalue weighted by molar-refractivity contribution is 0.248. The van der Waals surface area contributed by atoms with Gasteiger partial charge < -0.3 is 4.90 Å². The Balaban J connectivity index is 1.65. The first-order valence-electron chi connectivity index (χ1n) is 7.08. The third kappa shape index (κ3) is 3.18. The predicted molar refractivity (Wildman–Crippen MR) is 82.4 cm³/mol. The van der Waals surface area contributed by atoms with Gasteiger partial charge in [-0.15, -0.1) is 11.6 Å². The molecule has 0 atom stereocenters. The number of hydrogen-bond acceptors (Lipinski definition) is 2.